The van der Waals surface area contributed by atoms with Gasteiger partial charge in [-0.3, -0.25) is 9.36 Å². The highest BCUT2D eigenvalue weighted by Gasteiger charge is 2.25. The number of carbonyl (C=O) groups is 1. The lowest BCUT2D eigenvalue weighted by molar-refractivity contribution is -0.131. The molecule has 1 saturated carbocycles. The second-order valence-corrected chi connectivity index (χ2v) is 7.39. The first-order chi connectivity index (χ1) is 12.7. The predicted molar refractivity (Wildman–Crippen MR) is 103 cm³/mol. The second-order valence-electron chi connectivity index (χ2n) is 6.44. The first-order valence-corrected chi connectivity index (χ1v) is 10.2. The summed E-state index contributed by atoms with van der Waals surface area (Å²) in [5.41, 5.74) is 0. The van der Waals surface area contributed by atoms with Crippen LogP contribution >= 0.6 is 11.8 Å². The smallest absolute Gasteiger partial charge is 0.233 e. The highest BCUT2D eigenvalue weighted by molar-refractivity contribution is 7.99. The van der Waals surface area contributed by atoms with Gasteiger partial charge in [0.05, 0.1) is 12.0 Å². The number of amides is 1. The Labute approximate surface area is 158 Å². The summed E-state index contributed by atoms with van der Waals surface area (Å²) in [5.74, 6) is 1.87. The zero-order chi connectivity index (χ0) is 18.4. The molecule has 0 radical (unpaired) electrons. The number of thioether (sulfide) groups is 1. The van der Waals surface area contributed by atoms with E-state index in [1.807, 2.05) is 21.6 Å². The van der Waals surface area contributed by atoms with Crippen LogP contribution in [0, 0.1) is 0 Å². The van der Waals surface area contributed by atoms with E-state index in [0.29, 0.717) is 35.1 Å². The highest BCUT2D eigenvalue weighted by atomic mass is 32.2. The van der Waals surface area contributed by atoms with Crippen LogP contribution in [0.5, 0.6) is 0 Å². The number of hydrogen-bond donors (Lipinski definition) is 0. The number of aromatic nitrogens is 3. The van der Waals surface area contributed by atoms with Gasteiger partial charge in [-0.15, -0.1) is 16.8 Å². The number of carbonyl (C=O) groups excluding carboxylic acids is 1. The van der Waals surface area contributed by atoms with Crippen LogP contribution in [0.25, 0.3) is 11.6 Å². The van der Waals surface area contributed by atoms with Crippen molar-refractivity contribution in [2.75, 3.05) is 12.3 Å². The van der Waals surface area contributed by atoms with E-state index in [9.17, 15) is 4.79 Å². The molecule has 3 rings (SSSR count). The molecule has 6 nitrogen and oxygen atoms in total. The molecule has 1 aliphatic rings. The number of nitrogens with zero attached hydrogens (tertiary/aromatic N) is 4. The summed E-state index contributed by atoms with van der Waals surface area (Å²) in [5, 5.41) is 9.21. The van der Waals surface area contributed by atoms with Crippen molar-refractivity contribution in [3.05, 3.63) is 31.1 Å². The second kappa shape index (κ2) is 9.07. The molecule has 26 heavy (non-hydrogen) atoms. The fourth-order valence-corrected chi connectivity index (χ4v) is 4.35. The van der Waals surface area contributed by atoms with Gasteiger partial charge in [0.15, 0.2) is 10.9 Å². The summed E-state index contributed by atoms with van der Waals surface area (Å²) in [7, 11) is 0. The van der Waals surface area contributed by atoms with Crippen LogP contribution in [0.15, 0.2) is 40.6 Å². The van der Waals surface area contributed by atoms with Crippen molar-refractivity contribution < 1.29 is 9.21 Å². The molecule has 0 bridgehead atoms. The van der Waals surface area contributed by atoms with Crippen molar-refractivity contribution >= 4 is 17.7 Å². The molecule has 0 atom stereocenters. The fraction of sp³-hybridized carbons (Fsp3) is 0.526. The number of hydrogen-bond acceptors (Lipinski definition) is 5. The molecule has 0 spiro atoms. The molecule has 140 valence electrons. The Balaban J connectivity index is 1.68. The normalized spacial score (nSPS) is 15.1. The minimum absolute atomic E-state index is 0.178. The Bertz CT molecular complexity index is 720. The minimum atomic E-state index is 0.178. The summed E-state index contributed by atoms with van der Waals surface area (Å²) < 4.78 is 7.37. The van der Waals surface area contributed by atoms with Gasteiger partial charge >= 0.3 is 0 Å². The van der Waals surface area contributed by atoms with E-state index >= 15 is 0 Å². The molecule has 1 aliphatic carbocycles. The van der Waals surface area contributed by atoms with Crippen molar-refractivity contribution in [1.82, 2.24) is 19.7 Å². The van der Waals surface area contributed by atoms with Gasteiger partial charge in [0.1, 0.15) is 0 Å². The van der Waals surface area contributed by atoms with Gasteiger partial charge in [-0.05, 0) is 31.9 Å². The van der Waals surface area contributed by atoms with Crippen LogP contribution in [-0.2, 0) is 11.3 Å². The third-order valence-corrected chi connectivity index (χ3v) is 5.72. The van der Waals surface area contributed by atoms with Crippen molar-refractivity contribution in [3.63, 3.8) is 0 Å². The topological polar surface area (TPSA) is 64.2 Å². The molecule has 0 aliphatic heterocycles. The third kappa shape index (κ3) is 4.20. The Morgan fingerprint density at radius 3 is 2.88 bits per heavy atom. The van der Waals surface area contributed by atoms with Gasteiger partial charge in [0.2, 0.25) is 11.7 Å². The van der Waals surface area contributed by atoms with Crippen LogP contribution < -0.4 is 0 Å². The molecule has 0 unspecified atom stereocenters. The molecule has 0 N–H and O–H groups in total. The van der Waals surface area contributed by atoms with Gasteiger partial charge in [-0.25, -0.2) is 0 Å². The van der Waals surface area contributed by atoms with Gasteiger partial charge in [-0.2, -0.15) is 0 Å². The van der Waals surface area contributed by atoms with Gasteiger partial charge < -0.3 is 9.32 Å². The third-order valence-electron chi connectivity index (χ3n) is 4.77. The van der Waals surface area contributed by atoms with E-state index in [0.717, 1.165) is 19.4 Å². The average molecular weight is 375 g/mol. The first kappa shape index (κ1) is 18.8. The SMILES string of the molecule is C=CCn1c(SCC(=O)N(CC)C2CCCCC2)nnc1-c1ccco1. The van der Waals surface area contributed by atoms with Crippen LogP contribution in [-0.4, -0.2) is 43.9 Å². The molecule has 7 heteroatoms. The molecule has 2 heterocycles. The van der Waals surface area contributed by atoms with Crippen molar-refractivity contribution in [2.45, 2.75) is 56.8 Å². The Kier molecular flexibility index (Phi) is 6.55. The molecule has 1 amide bonds. The van der Waals surface area contributed by atoms with Crippen LogP contribution in [0.2, 0.25) is 0 Å². The molecule has 0 saturated heterocycles. The Morgan fingerprint density at radius 2 is 2.23 bits per heavy atom. The minimum Gasteiger partial charge on any atom is -0.461 e. The lowest BCUT2D eigenvalue weighted by Crippen LogP contribution is -2.42. The van der Waals surface area contributed by atoms with Crippen molar-refractivity contribution in [1.29, 1.82) is 0 Å². The van der Waals surface area contributed by atoms with Crippen LogP contribution in [0.4, 0.5) is 0 Å². The molecule has 2 aromatic rings. The largest absolute Gasteiger partial charge is 0.461 e. The number of allylic oxidation sites excluding steroid dienone is 1. The van der Waals surface area contributed by atoms with Gasteiger partial charge in [0, 0.05) is 19.1 Å². The number of rotatable bonds is 8. The predicted octanol–water partition coefficient (Wildman–Crippen LogP) is 4.00. The van der Waals surface area contributed by atoms with Crippen LogP contribution in [0.3, 0.4) is 0 Å². The van der Waals surface area contributed by atoms with E-state index in [2.05, 4.69) is 23.7 Å². The average Bonchev–Trinajstić information content (AvgIpc) is 3.32. The maximum absolute atomic E-state index is 12.8. The number of furan rings is 1. The van der Waals surface area contributed by atoms with Gasteiger partial charge in [-0.1, -0.05) is 37.1 Å². The molecule has 1 fully saturated rings. The van der Waals surface area contributed by atoms with Crippen molar-refractivity contribution in [3.8, 4) is 11.6 Å². The van der Waals surface area contributed by atoms with E-state index in [-0.39, 0.29) is 5.91 Å². The quantitative estimate of drug-likeness (QED) is 0.516. The van der Waals surface area contributed by atoms with Crippen molar-refractivity contribution in [2.24, 2.45) is 0 Å². The Hall–Kier alpha value is -2.02. The summed E-state index contributed by atoms with van der Waals surface area (Å²) in [4.78, 5) is 14.8. The molecular weight excluding hydrogens is 348 g/mol. The summed E-state index contributed by atoms with van der Waals surface area (Å²) in [6, 6.07) is 4.07. The van der Waals surface area contributed by atoms with E-state index in [1.165, 1.54) is 31.0 Å². The van der Waals surface area contributed by atoms with E-state index in [4.69, 9.17) is 4.42 Å². The summed E-state index contributed by atoms with van der Waals surface area (Å²) in [6.45, 7) is 7.20. The lowest BCUT2D eigenvalue weighted by Gasteiger charge is -2.33. The maximum atomic E-state index is 12.8. The highest BCUT2D eigenvalue weighted by Crippen LogP contribution is 2.26. The fourth-order valence-electron chi connectivity index (χ4n) is 3.52. The van der Waals surface area contributed by atoms with E-state index in [1.54, 1.807) is 12.3 Å². The Morgan fingerprint density at radius 1 is 1.42 bits per heavy atom. The van der Waals surface area contributed by atoms with Crippen LogP contribution in [0.1, 0.15) is 39.0 Å². The first-order valence-electron chi connectivity index (χ1n) is 9.24. The van der Waals surface area contributed by atoms with E-state index < -0.39 is 0 Å². The zero-order valence-electron chi connectivity index (χ0n) is 15.3. The zero-order valence-corrected chi connectivity index (χ0v) is 16.1. The summed E-state index contributed by atoms with van der Waals surface area (Å²) in [6.07, 6.45) is 9.39. The standard InChI is InChI=1S/C19H26N4O2S/c1-3-12-23-18(16-11-8-13-25-16)20-21-19(23)26-14-17(24)22(4-2)15-9-6-5-7-10-15/h3,8,11,13,15H,1,4-7,9-10,12,14H2,2H3. The molecule has 2 aromatic heterocycles. The lowest BCUT2D eigenvalue weighted by atomic mass is 9.94. The summed E-state index contributed by atoms with van der Waals surface area (Å²) >= 11 is 1.43. The maximum Gasteiger partial charge on any atom is 0.233 e. The monoisotopic (exact) mass is 374 g/mol. The molecule has 0 aromatic carbocycles. The van der Waals surface area contributed by atoms with Gasteiger partial charge in [0.25, 0.3) is 0 Å². The molecular formula is C19H26N4O2S.